The van der Waals surface area contributed by atoms with Gasteiger partial charge < -0.3 is 0 Å². The van der Waals surface area contributed by atoms with E-state index in [4.69, 9.17) is 0 Å². The molecule has 2 amide bonds. The lowest BCUT2D eigenvalue weighted by Crippen LogP contribution is -2.63. The highest BCUT2D eigenvalue weighted by atomic mass is 16.2. The average molecular weight is 276 g/mol. The van der Waals surface area contributed by atoms with E-state index < -0.39 is 0 Å². The molecule has 0 radical (unpaired) electrons. The van der Waals surface area contributed by atoms with Crippen molar-refractivity contribution in [3.63, 3.8) is 0 Å². The second-order valence-electron chi connectivity index (χ2n) is 7.24. The number of nitrogens with one attached hydrogen (secondary N) is 1. The van der Waals surface area contributed by atoms with Crippen LogP contribution in [-0.2, 0) is 9.59 Å². The Labute approximate surface area is 120 Å². The van der Waals surface area contributed by atoms with Gasteiger partial charge >= 0.3 is 0 Å². The second-order valence-corrected chi connectivity index (χ2v) is 7.24. The maximum atomic E-state index is 12.6. The Morgan fingerprint density at radius 3 is 2.50 bits per heavy atom. The number of hydrazine groups is 1. The first-order chi connectivity index (χ1) is 9.68. The Kier molecular flexibility index (Phi) is 2.92. The third-order valence-electron chi connectivity index (χ3n) is 6.44. The fourth-order valence-corrected chi connectivity index (χ4v) is 5.82. The van der Waals surface area contributed by atoms with Crippen LogP contribution in [0.1, 0.15) is 51.9 Å². The van der Waals surface area contributed by atoms with E-state index in [9.17, 15) is 9.59 Å². The molecule has 3 aliphatic carbocycles. The monoisotopic (exact) mass is 276 g/mol. The zero-order valence-electron chi connectivity index (χ0n) is 12.2. The molecule has 4 fully saturated rings. The number of hydrogen-bond acceptors (Lipinski definition) is 3. The molecule has 0 aromatic rings. The predicted molar refractivity (Wildman–Crippen MR) is 74.2 cm³/mol. The minimum Gasteiger partial charge on any atom is -0.273 e. The standard InChI is InChI=1S/C16H24N2O2/c1-9(19)18-16(20)13-8-4-7-11-10-5-2-3-6-12(10)15(17-18)14(11)13/h10-15,17H,2-8H2,1H3. The van der Waals surface area contributed by atoms with Crippen LogP contribution in [0, 0.1) is 29.6 Å². The molecule has 4 aliphatic rings. The van der Waals surface area contributed by atoms with Crippen molar-refractivity contribution in [2.24, 2.45) is 29.6 Å². The molecular formula is C16H24N2O2. The highest BCUT2D eigenvalue weighted by Crippen LogP contribution is 2.57. The molecule has 4 rings (SSSR count). The maximum absolute atomic E-state index is 12.6. The molecule has 0 aromatic heterocycles. The smallest absolute Gasteiger partial charge is 0.247 e. The molecule has 4 nitrogen and oxygen atoms in total. The molecule has 0 spiro atoms. The van der Waals surface area contributed by atoms with Gasteiger partial charge in [-0.15, -0.1) is 0 Å². The van der Waals surface area contributed by atoms with Crippen molar-refractivity contribution in [2.75, 3.05) is 0 Å². The number of carbonyl (C=O) groups excluding carboxylic acids is 2. The van der Waals surface area contributed by atoms with E-state index in [0.717, 1.165) is 18.3 Å². The van der Waals surface area contributed by atoms with E-state index in [1.807, 2.05) is 0 Å². The molecule has 1 saturated heterocycles. The Bertz CT molecular complexity index is 450. The molecule has 0 aromatic carbocycles. The van der Waals surface area contributed by atoms with Crippen molar-refractivity contribution in [1.29, 1.82) is 0 Å². The van der Waals surface area contributed by atoms with Gasteiger partial charge in [0.05, 0.1) is 0 Å². The first kappa shape index (κ1) is 12.8. The number of nitrogens with zero attached hydrogens (tertiary/aromatic N) is 1. The summed E-state index contributed by atoms with van der Waals surface area (Å²) in [7, 11) is 0. The van der Waals surface area contributed by atoms with E-state index in [1.54, 1.807) is 0 Å². The maximum Gasteiger partial charge on any atom is 0.247 e. The number of hydrogen-bond donors (Lipinski definition) is 1. The number of amides is 2. The molecule has 20 heavy (non-hydrogen) atoms. The summed E-state index contributed by atoms with van der Waals surface area (Å²) >= 11 is 0. The zero-order chi connectivity index (χ0) is 13.9. The van der Waals surface area contributed by atoms with Gasteiger partial charge in [0.15, 0.2) is 0 Å². The summed E-state index contributed by atoms with van der Waals surface area (Å²) in [5, 5.41) is 1.34. The van der Waals surface area contributed by atoms with Gasteiger partial charge in [-0.2, -0.15) is 0 Å². The fourth-order valence-electron chi connectivity index (χ4n) is 5.82. The number of fused-ring (bicyclic) bond motifs is 3. The van der Waals surface area contributed by atoms with E-state index in [2.05, 4.69) is 5.43 Å². The molecule has 1 heterocycles. The van der Waals surface area contributed by atoms with Crippen LogP contribution in [0.3, 0.4) is 0 Å². The van der Waals surface area contributed by atoms with E-state index >= 15 is 0 Å². The summed E-state index contributed by atoms with van der Waals surface area (Å²) in [6, 6.07) is 0.372. The van der Waals surface area contributed by atoms with Crippen molar-refractivity contribution in [3.05, 3.63) is 0 Å². The first-order valence-corrected chi connectivity index (χ1v) is 8.29. The van der Waals surface area contributed by atoms with Crippen LogP contribution in [0.2, 0.25) is 0 Å². The van der Waals surface area contributed by atoms with E-state index in [1.165, 1.54) is 50.5 Å². The lowest BCUT2D eigenvalue weighted by Gasteiger charge is -2.44. The molecule has 3 saturated carbocycles. The SMILES string of the molecule is CC(=O)N1NC2C3CCCCC3C3CCCC(C1=O)C32. The normalized spacial score (nSPS) is 46.9. The lowest BCUT2D eigenvalue weighted by molar-refractivity contribution is -0.160. The summed E-state index contributed by atoms with van der Waals surface area (Å²) in [6.45, 7) is 1.50. The molecule has 4 heteroatoms. The van der Waals surface area contributed by atoms with Crippen molar-refractivity contribution < 1.29 is 9.59 Å². The highest BCUT2D eigenvalue weighted by Gasteiger charge is 2.59. The Morgan fingerprint density at radius 1 is 1.05 bits per heavy atom. The van der Waals surface area contributed by atoms with Gasteiger partial charge in [0.2, 0.25) is 11.8 Å². The average Bonchev–Trinajstić information content (AvgIpc) is 2.78. The number of rotatable bonds is 0. The molecular weight excluding hydrogens is 252 g/mol. The van der Waals surface area contributed by atoms with Crippen LogP contribution in [0.25, 0.3) is 0 Å². The number of carbonyl (C=O) groups is 2. The minimum absolute atomic E-state index is 0.0436. The summed E-state index contributed by atoms with van der Waals surface area (Å²) in [5.74, 6) is 2.73. The largest absolute Gasteiger partial charge is 0.273 e. The Hall–Kier alpha value is -0.900. The topological polar surface area (TPSA) is 49.4 Å². The van der Waals surface area contributed by atoms with Crippen molar-refractivity contribution in [3.8, 4) is 0 Å². The van der Waals surface area contributed by atoms with Crippen LogP contribution in [0.15, 0.2) is 0 Å². The summed E-state index contributed by atoms with van der Waals surface area (Å²) in [5.41, 5.74) is 3.33. The van der Waals surface area contributed by atoms with Gasteiger partial charge in [-0.1, -0.05) is 19.3 Å². The van der Waals surface area contributed by atoms with Gasteiger partial charge in [-0.05, 0) is 49.4 Å². The molecule has 6 unspecified atom stereocenters. The minimum atomic E-state index is -0.144. The molecule has 0 bridgehead atoms. The van der Waals surface area contributed by atoms with E-state index in [-0.39, 0.29) is 17.7 Å². The van der Waals surface area contributed by atoms with Crippen LogP contribution in [0.4, 0.5) is 0 Å². The summed E-state index contributed by atoms with van der Waals surface area (Å²) in [6.07, 6.45) is 8.74. The van der Waals surface area contributed by atoms with Crippen LogP contribution < -0.4 is 5.43 Å². The fraction of sp³-hybridized carbons (Fsp3) is 0.875. The van der Waals surface area contributed by atoms with Gasteiger partial charge in [-0.3, -0.25) is 9.59 Å². The van der Waals surface area contributed by atoms with Crippen molar-refractivity contribution in [2.45, 2.75) is 57.9 Å². The van der Waals surface area contributed by atoms with Crippen LogP contribution in [-0.4, -0.2) is 22.9 Å². The van der Waals surface area contributed by atoms with E-state index in [0.29, 0.717) is 17.9 Å². The zero-order valence-corrected chi connectivity index (χ0v) is 12.2. The predicted octanol–water partition coefficient (Wildman–Crippen LogP) is 2.10. The van der Waals surface area contributed by atoms with Gasteiger partial charge in [0.1, 0.15) is 0 Å². The van der Waals surface area contributed by atoms with Crippen LogP contribution >= 0.6 is 0 Å². The molecule has 1 aliphatic heterocycles. The lowest BCUT2D eigenvalue weighted by atomic mass is 9.68. The molecule has 110 valence electrons. The second kappa shape index (κ2) is 4.55. The van der Waals surface area contributed by atoms with Crippen LogP contribution in [0.5, 0.6) is 0 Å². The summed E-state index contributed by atoms with van der Waals surface area (Å²) in [4.78, 5) is 24.3. The third-order valence-corrected chi connectivity index (χ3v) is 6.44. The van der Waals surface area contributed by atoms with Gasteiger partial charge in [-0.25, -0.2) is 10.4 Å². The quantitative estimate of drug-likeness (QED) is 0.737. The Morgan fingerprint density at radius 2 is 1.75 bits per heavy atom. The summed E-state index contributed by atoms with van der Waals surface area (Å²) < 4.78 is 0. The molecule has 6 atom stereocenters. The number of imide groups is 1. The van der Waals surface area contributed by atoms with Gasteiger partial charge in [0.25, 0.3) is 0 Å². The van der Waals surface area contributed by atoms with Gasteiger partial charge in [0, 0.05) is 18.9 Å². The van der Waals surface area contributed by atoms with Crippen molar-refractivity contribution >= 4 is 11.8 Å². The van der Waals surface area contributed by atoms with Crippen molar-refractivity contribution in [1.82, 2.24) is 10.4 Å². The first-order valence-electron chi connectivity index (χ1n) is 8.29. The Balaban J connectivity index is 1.71. The highest BCUT2D eigenvalue weighted by molar-refractivity contribution is 5.95. The third kappa shape index (κ3) is 1.63. The molecule has 1 N–H and O–H groups in total.